The average molecular weight is 301 g/mol. The minimum absolute atomic E-state index is 0. The molecule has 1 amide bonds. The normalized spacial score (nSPS) is 10.0. The van der Waals surface area contributed by atoms with E-state index in [1.165, 1.54) is 0 Å². The van der Waals surface area contributed by atoms with Crippen molar-refractivity contribution < 1.29 is 9.53 Å². The molecular formula is C15H25ClN2O2. The summed E-state index contributed by atoms with van der Waals surface area (Å²) in [6.45, 7) is 8.40. The van der Waals surface area contributed by atoms with Gasteiger partial charge in [0.25, 0.3) is 0 Å². The third-order valence-corrected chi connectivity index (χ3v) is 2.51. The standard InChI is InChI=1S/C15H24N2O2.ClH/c1-4-16-8-9-17-15(18)11-13-6-5-7-14(10-13)19-12(2)3;/h5-7,10,12,16H,4,8-9,11H2,1-3H3,(H,17,18);1H. The van der Waals surface area contributed by atoms with Gasteiger partial charge >= 0.3 is 0 Å². The third kappa shape index (κ3) is 8.02. The van der Waals surface area contributed by atoms with Gasteiger partial charge in [-0.2, -0.15) is 0 Å². The lowest BCUT2D eigenvalue weighted by Gasteiger charge is -2.11. The fraction of sp³-hybridized carbons (Fsp3) is 0.533. The van der Waals surface area contributed by atoms with E-state index < -0.39 is 0 Å². The van der Waals surface area contributed by atoms with Gasteiger partial charge in [0, 0.05) is 13.1 Å². The number of halogens is 1. The van der Waals surface area contributed by atoms with Gasteiger partial charge in [-0.1, -0.05) is 19.1 Å². The van der Waals surface area contributed by atoms with E-state index in [1.807, 2.05) is 45.0 Å². The predicted molar refractivity (Wildman–Crippen MR) is 84.7 cm³/mol. The van der Waals surface area contributed by atoms with Crippen LogP contribution in [0.1, 0.15) is 26.3 Å². The summed E-state index contributed by atoms with van der Waals surface area (Å²) in [4.78, 5) is 11.7. The van der Waals surface area contributed by atoms with E-state index in [1.54, 1.807) is 0 Å². The molecule has 1 rings (SSSR count). The molecule has 0 heterocycles. The highest BCUT2D eigenvalue weighted by Crippen LogP contribution is 2.15. The van der Waals surface area contributed by atoms with Crippen molar-refractivity contribution in [3.05, 3.63) is 29.8 Å². The van der Waals surface area contributed by atoms with E-state index in [9.17, 15) is 4.79 Å². The van der Waals surface area contributed by atoms with E-state index in [0.717, 1.165) is 24.4 Å². The maximum atomic E-state index is 11.7. The van der Waals surface area contributed by atoms with E-state index >= 15 is 0 Å². The third-order valence-electron chi connectivity index (χ3n) is 2.51. The Hall–Kier alpha value is -1.26. The van der Waals surface area contributed by atoms with Gasteiger partial charge in [-0.25, -0.2) is 0 Å². The van der Waals surface area contributed by atoms with Crippen LogP contribution in [0.25, 0.3) is 0 Å². The van der Waals surface area contributed by atoms with Gasteiger partial charge in [0.15, 0.2) is 0 Å². The Kier molecular flexibility index (Phi) is 9.86. The van der Waals surface area contributed by atoms with Crippen molar-refractivity contribution in [1.29, 1.82) is 0 Å². The molecular weight excluding hydrogens is 276 g/mol. The molecule has 0 spiro atoms. The van der Waals surface area contributed by atoms with Crippen LogP contribution in [0.15, 0.2) is 24.3 Å². The fourth-order valence-corrected chi connectivity index (χ4v) is 1.72. The van der Waals surface area contributed by atoms with E-state index in [2.05, 4.69) is 10.6 Å². The largest absolute Gasteiger partial charge is 0.491 e. The summed E-state index contributed by atoms with van der Waals surface area (Å²) in [7, 11) is 0. The second-order valence-electron chi connectivity index (χ2n) is 4.69. The number of amides is 1. The van der Waals surface area contributed by atoms with Gasteiger partial charge in [-0.05, 0) is 38.1 Å². The van der Waals surface area contributed by atoms with Crippen molar-refractivity contribution in [1.82, 2.24) is 10.6 Å². The number of nitrogens with one attached hydrogen (secondary N) is 2. The second kappa shape index (κ2) is 10.5. The van der Waals surface area contributed by atoms with Crippen LogP contribution in [0.5, 0.6) is 5.75 Å². The molecule has 0 aliphatic rings. The maximum absolute atomic E-state index is 11.7. The number of hydrogen-bond donors (Lipinski definition) is 2. The van der Waals surface area contributed by atoms with Crippen LogP contribution in [-0.2, 0) is 11.2 Å². The summed E-state index contributed by atoms with van der Waals surface area (Å²) < 4.78 is 5.61. The monoisotopic (exact) mass is 300 g/mol. The Labute approximate surface area is 127 Å². The molecule has 20 heavy (non-hydrogen) atoms. The molecule has 0 saturated carbocycles. The van der Waals surface area contributed by atoms with Gasteiger partial charge < -0.3 is 15.4 Å². The lowest BCUT2D eigenvalue weighted by atomic mass is 10.1. The zero-order valence-electron chi connectivity index (χ0n) is 12.4. The molecule has 0 aliphatic heterocycles. The minimum atomic E-state index is 0. The van der Waals surface area contributed by atoms with E-state index in [0.29, 0.717) is 13.0 Å². The lowest BCUT2D eigenvalue weighted by Crippen LogP contribution is -2.32. The molecule has 0 radical (unpaired) electrons. The van der Waals surface area contributed by atoms with Crippen LogP contribution < -0.4 is 15.4 Å². The molecule has 4 nitrogen and oxygen atoms in total. The van der Waals surface area contributed by atoms with Crippen LogP contribution in [0.2, 0.25) is 0 Å². The SMILES string of the molecule is CCNCCNC(=O)Cc1cccc(OC(C)C)c1.Cl. The van der Waals surface area contributed by atoms with Crippen molar-refractivity contribution in [3.63, 3.8) is 0 Å². The summed E-state index contributed by atoms with van der Waals surface area (Å²) in [5, 5.41) is 6.05. The summed E-state index contributed by atoms with van der Waals surface area (Å²) in [5.41, 5.74) is 0.971. The molecule has 5 heteroatoms. The molecule has 2 N–H and O–H groups in total. The van der Waals surface area contributed by atoms with Crippen molar-refractivity contribution in [2.45, 2.75) is 33.3 Å². The molecule has 0 fully saturated rings. The van der Waals surface area contributed by atoms with Crippen molar-refractivity contribution in [2.75, 3.05) is 19.6 Å². The van der Waals surface area contributed by atoms with Gasteiger partial charge in [-0.15, -0.1) is 12.4 Å². The number of likely N-dealkylation sites (N-methyl/N-ethyl adjacent to an activating group) is 1. The zero-order chi connectivity index (χ0) is 14.1. The molecule has 0 saturated heterocycles. The van der Waals surface area contributed by atoms with Gasteiger partial charge in [0.05, 0.1) is 12.5 Å². The Morgan fingerprint density at radius 2 is 2.05 bits per heavy atom. The number of hydrogen-bond acceptors (Lipinski definition) is 3. The van der Waals surface area contributed by atoms with Crippen LogP contribution in [0.3, 0.4) is 0 Å². The first-order chi connectivity index (χ1) is 9.11. The molecule has 0 unspecified atom stereocenters. The number of ether oxygens (including phenoxy) is 1. The molecule has 0 atom stereocenters. The highest BCUT2D eigenvalue weighted by molar-refractivity contribution is 5.85. The number of benzene rings is 1. The quantitative estimate of drug-likeness (QED) is 0.724. The van der Waals surface area contributed by atoms with Crippen molar-refractivity contribution in [2.24, 2.45) is 0 Å². The highest BCUT2D eigenvalue weighted by atomic mass is 35.5. The van der Waals surface area contributed by atoms with Crippen LogP contribution in [-0.4, -0.2) is 31.6 Å². The summed E-state index contributed by atoms with van der Waals surface area (Å²) in [5.74, 6) is 0.854. The van der Waals surface area contributed by atoms with Crippen molar-refractivity contribution >= 4 is 18.3 Å². The lowest BCUT2D eigenvalue weighted by molar-refractivity contribution is -0.120. The van der Waals surface area contributed by atoms with Crippen LogP contribution in [0.4, 0.5) is 0 Å². The smallest absolute Gasteiger partial charge is 0.224 e. The average Bonchev–Trinajstić information content (AvgIpc) is 2.34. The summed E-state index contributed by atoms with van der Waals surface area (Å²) in [6.07, 6.45) is 0.533. The maximum Gasteiger partial charge on any atom is 0.224 e. The Morgan fingerprint density at radius 3 is 2.70 bits per heavy atom. The zero-order valence-corrected chi connectivity index (χ0v) is 13.3. The summed E-state index contributed by atoms with van der Waals surface area (Å²) >= 11 is 0. The highest BCUT2D eigenvalue weighted by Gasteiger charge is 2.04. The Balaban J connectivity index is 0.00000361. The molecule has 114 valence electrons. The molecule has 1 aromatic rings. The number of carbonyl (C=O) groups excluding carboxylic acids is 1. The molecule has 0 bridgehead atoms. The van der Waals surface area contributed by atoms with Crippen molar-refractivity contribution in [3.8, 4) is 5.75 Å². The fourth-order valence-electron chi connectivity index (χ4n) is 1.72. The summed E-state index contributed by atoms with van der Waals surface area (Å²) in [6, 6.07) is 7.69. The van der Waals surface area contributed by atoms with Crippen LogP contribution in [0, 0.1) is 0 Å². The number of carbonyl (C=O) groups is 1. The Bertz CT molecular complexity index is 397. The molecule has 1 aromatic carbocycles. The molecule has 0 aliphatic carbocycles. The van der Waals surface area contributed by atoms with E-state index in [-0.39, 0.29) is 24.4 Å². The topological polar surface area (TPSA) is 50.4 Å². The number of rotatable bonds is 8. The minimum Gasteiger partial charge on any atom is -0.491 e. The first kappa shape index (κ1) is 18.7. The van der Waals surface area contributed by atoms with E-state index in [4.69, 9.17) is 4.74 Å². The first-order valence-electron chi connectivity index (χ1n) is 6.84. The first-order valence-corrected chi connectivity index (χ1v) is 6.84. The molecule has 0 aromatic heterocycles. The second-order valence-corrected chi connectivity index (χ2v) is 4.69. The Morgan fingerprint density at radius 1 is 1.30 bits per heavy atom. The van der Waals surface area contributed by atoms with Gasteiger partial charge in [-0.3, -0.25) is 4.79 Å². The van der Waals surface area contributed by atoms with Gasteiger partial charge in [0.1, 0.15) is 5.75 Å². The van der Waals surface area contributed by atoms with Gasteiger partial charge in [0.2, 0.25) is 5.91 Å². The predicted octanol–water partition coefficient (Wildman–Crippen LogP) is 2.16. The van der Waals surface area contributed by atoms with Crippen LogP contribution >= 0.6 is 12.4 Å².